The van der Waals surface area contributed by atoms with Crippen LogP contribution in [0.2, 0.25) is 0 Å². The molecule has 2 aliphatic rings. The van der Waals surface area contributed by atoms with Crippen molar-refractivity contribution in [2.75, 3.05) is 6.61 Å². The Hall–Kier alpha value is -1.63. The van der Waals surface area contributed by atoms with E-state index in [1.54, 1.807) is 4.90 Å². The molecule has 1 heterocycles. The van der Waals surface area contributed by atoms with Crippen LogP contribution < -0.4 is 11.1 Å². The number of rotatable bonds is 4. The van der Waals surface area contributed by atoms with Crippen LogP contribution in [0.15, 0.2) is 30.3 Å². The molecule has 0 spiro atoms. The molecule has 1 aliphatic heterocycles. The van der Waals surface area contributed by atoms with E-state index in [1.807, 2.05) is 44.2 Å². The summed E-state index contributed by atoms with van der Waals surface area (Å²) in [7, 11) is 0. The van der Waals surface area contributed by atoms with Crippen LogP contribution in [-0.2, 0) is 14.3 Å². The van der Waals surface area contributed by atoms with Crippen molar-refractivity contribution in [1.82, 2.24) is 10.2 Å². The molecule has 2 fully saturated rings. The van der Waals surface area contributed by atoms with Crippen LogP contribution in [0, 0.1) is 0 Å². The molecule has 1 aliphatic carbocycles. The molecule has 3 rings (SSSR count). The van der Waals surface area contributed by atoms with Gasteiger partial charge in [-0.2, -0.15) is 0 Å². The van der Waals surface area contributed by atoms with Crippen molar-refractivity contribution in [3.63, 3.8) is 0 Å². The van der Waals surface area contributed by atoms with Crippen molar-refractivity contribution >= 4 is 24.2 Å². The highest BCUT2D eigenvalue weighted by Crippen LogP contribution is 2.32. The van der Waals surface area contributed by atoms with E-state index in [0.717, 1.165) is 31.2 Å². The zero-order valence-corrected chi connectivity index (χ0v) is 16.8. The Morgan fingerprint density at radius 3 is 2.41 bits per heavy atom. The van der Waals surface area contributed by atoms with Crippen LogP contribution in [0.25, 0.3) is 0 Å². The monoisotopic (exact) mass is 395 g/mol. The minimum atomic E-state index is -0.701. The zero-order valence-electron chi connectivity index (χ0n) is 16.0. The minimum absolute atomic E-state index is 0. The quantitative estimate of drug-likeness (QED) is 0.818. The Morgan fingerprint density at radius 1 is 1.19 bits per heavy atom. The van der Waals surface area contributed by atoms with E-state index in [1.165, 1.54) is 0 Å². The number of halogens is 1. The minimum Gasteiger partial charge on any atom is -0.356 e. The van der Waals surface area contributed by atoms with Gasteiger partial charge in [-0.3, -0.25) is 9.59 Å². The predicted octanol–water partition coefficient (Wildman–Crippen LogP) is 2.17. The highest BCUT2D eigenvalue weighted by molar-refractivity contribution is 5.86. The van der Waals surface area contributed by atoms with Crippen LogP contribution in [0.1, 0.15) is 51.1 Å². The van der Waals surface area contributed by atoms with Crippen molar-refractivity contribution in [3.05, 3.63) is 35.9 Å². The van der Waals surface area contributed by atoms with Crippen LogP contribution in [0.4, 0.5) is 0 Å². The van der Waals surface area contributed by atoms with Gasteiger partial charge in [0.1, 0.15) is 6.61 Å². The average Bonchev–Trinajstić information content (AvgIpc) is 2.63. The SMILES string of the molecule is CC(C)N1C(=O)CO[C@H](C(=O)NC2CCC(N)CC2)[C@H]1c1ccccc1.Cl. The summed E-state index contributed by atoms with van der Waals surface area (Å²) in [5.74, 6) is -0.223. The molecule has 0 radical (unpaired) electrons. The van der Waals surface area contributed by atoms with Crippen molar-refractivity contribution in [3.8, 4) is 0 Å². The summed E-state index contributed by atoms with van der Waals surface area (Å²) in [6, 6.07) is 9.60. The average molecular weight is 396 g/mol. The Balaban J connectivity index is 0.00000261. The lowest BCUT2D eigenvalue weighted by molar-refractivity contribution is -0.167. The number of nitrogens with zero attached hydrogens (tertiary/aromatic N) is 1. The van der Waals surface area contributed by atoms with E-state index in [-0.39, 0.29) is 49.0 Å². The van der Waals surface area contributed by atoms with Gasteiger partial charge in [-0.15, -0.1) is 12.4 Å². The number of hydrogen-bond acceptors (Lipinski definition) is 4. The largest absolute Gasteiger partial charge is 0.356 e. The maximum Gasteiger partial charge on any atom is 0.251 e. The number of hydrogen-bond donors (Lipinski definition) is 2. The van der Waals surface area contributed by atoms with Gasteiger partial charge in [0.2, 0.25) is 5.91 Å². The molecule has 0 bridgehead atoms. The molecule has 27 heavy (non-hydrogen) atoms. The van der Waals surface area contributed by atoms with Crippen LogP contribution in [0.3, 0.4) is 0 Å². The summed E-state index contributed by atoms with van der Waals surface area (Å²) in [5.41, 5.74) is 6.87. The summed E-state index contributed by atoms with van der Waals surface area (Å²) in [4.78, 5) is 27.2. The second-order valence-corrected chi connectivity index (χ2v) is 7.60. The number of carbonyl (C=O) groups excluding carboxylic acids is 2. The fourth-order valence-corrected chi connectivity index (χ4v) is 3.99. The first-order valence-corrected chi connectivity index (χ1v) is 9.51. The zero-order chi connectivity index (χ0) is 18.7. The normalized spacial score (nSPS) is 28.6. The van der Waals surface area contributed by atoms with Gasteiger partial charge in [0.25, 0.3) is 5.91 Å². The molecule has 2 amide bonds. The molecule has 1 aromatic carbocycles. The molecule has 1 saturated carbocycles. The summed E-state index contributed by atoms with van der Waals surface area (Å²) < 4.78 is 5.73. The lowest BCUT2D eigenvalue weighted by atomic mass is 9.91. The van der Waals surface area contributed by atoms with Crippen molar-refractivity contribution in [2.45, 2.75) is 69.8 Å². The first kappa shape index (κ1) is 21.7. The van der Waals surface area contributed by atoms with Crippen LogP contribution in [-0.4, -0.2) is 47.6 Å². The summed E-state index contributed by atoms with van der Waals surface area (Å²) >= 11 is 0. The number of nitrogens with two attached hydrogens (primary N) is 1. The van der Waals surface area contributed by atoms with E-state index in [0.29, 0.717) is 0 Å². The van der Waals surface area contributed by atoms with Gasteiger partial charge >= 0.3 is 0 Å². The van der Waals surface area contributed by atoms with Gasteiger partial charge in [0.15, 0.2) is 6.10 Å². The first-order valence-electron chi connectivity index (χ1n) is 9.51. The van der Waals surface area contributed by atoms with E-state index in [2.05, 4.69) is 5.32 Å². The van der Waals surface area contributed by atoms with Gasteiger partial charge < -0.3 is 20.7 Å². The summed E-state index contributed by atoms with van der Waals surface area (Å²) in [6.45, 7) is 3.88. The molecule has 0 unspecified atom stereocenters. The number of ether oxygens (including phenoxy) is 1. The number of benzene rings is 1. The molecular formula is C20H30ClN3O3. The predicted molar refractivity (Wildman–Crippen MR) is 107 cm³/mol. The van der Waals surface area contributed by atoms with Crippen LogP contribution >= 0.6 is 12.4 Å². The Kier molecular flexibility index (Phi) is 7.65. The Bertz CT molecular complexity index is 633. The molecule has 0 aromatic heterocycles. The number of morpholine rings is 1. The lowest BCUT2D eigenvalue weighted by Gasteiger charge is -2.43. The van der Waals surface area contributed by atoms with E-state index in [4.69, 9.17) is 10.5 Å². The molecule has 150 valence electrons. The van der Waals surface area contributed by atoms with Gasteiger partial charge in [0.05, 0.1) is 6.04 Å². The maximum atomic E-state index is 13.0. The van der Waals surface area contributed by atoms with Gasteiger partial charge in [0, 0.05) is 18.1 Å². The summed E-state index contributed by atoms with van der Waals surface area (Å²) in [5, 5.41) is 3.13. The third kappa shape index (κ3) is 5.00. The second-order valence-electron chi connectivity index (χ2n) is 7.60. The van der Waals surface area contributed by atoms with Gasteiger partial charge in [-0.1, -0.05) is 30.3 Å². The van der Waals surface area contributed by atoms with E-state index < -0.39 is 12.1 Å². The molecule has 1 saturated heterocycles. The van der Waals surface area contributed by atoms with Crippen LogP contribution in [0.5, 0.6) is 0 Å². The highest BCUT2D eigenvalue weighted by atomic mass is 35.5. The smallest absolute Gasteiger partial charge is 0.251 e. The highest BCUT2D eigenvalue weighted by Gasteiger charge is 2.43. The number of nitrogens with one attached hydrogen (secondary N) is 1. The Morgan fingerprint density at radius 2 is 1.81 bits per heavy atom. The fourth-order valence-electron chi connectivity index (χ4n) is 3.99. The topological polar surface area (TPSA) is 84.7 Å². The molecule has 2 atom stereocenters. The first-order chi connectivity index (χ1) is 12.5. The molecule has 3 N–H and O–H groups in total. The summed E-state index contributed by atoms with van der Waals surface area (Å²) in [6.07, 6.45) is 2.93. The molecular weight excluding hydrogens is 366 g/mol. The third-order valence-corrected chi connectivity index (χ3v) is 5.33. The molecule has 6 nitrogen and oxygen atoms in total. The van der Waals surface area contributed by atoms with Crippen molar-refractivity contribution in [2.24, 2.45) is 5.73 Å². The van der Waals surface area contributed by atoms with E-state index in [9.17, 15) is 9.59 Å². The van der Waals surface area contributed by atoms with E-state index >= 15 is 0 Å². The Labute approximate surface area is 167 Å². The second kappa shape index (κ2) is 9.53. The van der Waals surface area contributed by atoms with Gasteiger partial charge in [-0.05, 0) is 45.1 Å². The number of carbonyl (C=O) groups is 2. The van der Waals surface area contributed by atoms with Gasteiger partial charge in [-0.25, -0.2) is 0 Å². The molecule has 1 aromatic rings. The molecule has 7 heteroatoms. The van der Waals surface area contributed by atoms with Crippen molar-refractivity contribution in [1.29, 1.82) is 0 Å². The maximum absolute atomic E-state index is 13.0. The standard InChI is InChI=1S/C20H29N3O3.ClH/c1-13(2)23-17(24)12-26-19(18(23)14-6-4-3-5-7-14)20(25)22-16-10-8-15(21)9-11-16;/h3-7,13,15-16,18-19H,8-12,21H2,1-2H3,(H,22,25);1H/t15?,16?,18-,19+;/m1./s1. The third-order valence-electron chi connectivity index (χ3n) is 5.33. The lowest BCUT2D eigenvalue weighted by Crippen LogP contribution is -2.57. The fraction of sp³-hybridized carbons (Fsp3) is 0.600. The van der Waals surface area contributed by atoms with Crippen molar-refractivity contribution < 1.29 is 14.3 Å². The number of amides is 2.